The van der Waals surface area contributed by atoms with Crippen molar-refractivity contribution in [1.29, 1.82) is 0 Å². The number of benzene rings is 10. The van der Waals surface area contributed by atoms with Crippen molar-refractivity contribution in [3.8, 4) is 62.6 Å². The molecule has 0 saturated carbocycles. The molecular formula is C72H47N7O. The molecule has 16 aromatic rings. The fourth-order valence-electron chi connectivity index (χ4n) is 11.8. The van der Waals surface area contributed by atoms with Crippen molar-refractivity contribution in [2.75, 3.05) is 0 Å². The minimum atomic E-state index is -2.59. The number of nitrogens with zero attached hydrogens (tertiary/aromatic N) is 7. The van der Waals surface area contributed by atoms with Gasteiger partial charge in [0.2, 0.25) is 0 Å². The fourth-order valence-corrected chi connectivity index (χ4v) is 11.8. The zero-order chi connectivity index (χ0) is 59.7. The summed E-state index contributed by atoms with van der Waals surface area (Å²) < 4.78 is 87.3. The molecular weight excluding hydrogens is 979 g/mol. The first-order chi connectivity index (χ1) is 42.9. The van der Waals surface area contributed by atoms with E-state index in [9.17, 15) is 4.11 Å². The highest BCUT2D eigenvalue weighted by molar-refractivity contribution is 6.11. The van der Waals surface area contributed by atoms with Crippen molar-refractivity contribution in [1.82, 2.24) is 28.2 Å². The van der Waals surface area contributed by atoms with Gasteiger partial charge in [0.15, 0.2) is 0 Å². The SMILES string of the molecule is [2H]c1c([2H])c([2H])c(-c2ccccc2-[n+]2[c-]n(-c3cccc(Oc4ccc5c6ccccc6n(-c6cc(C([2H])([2H])[2H])c(-c7cc(-n8c9ccccc9c9ccccc98)nc(-n8c9ccccc9c9ccccc98)c7)cn6)c5c4)c3)c3ccccc32)c([2H])c1[2H]. The maximum Gasteiger partial charge on any atom is 0.269 e. The second kappa shape index (κ2) is 18.2. The standard InChI is InChI=1S/C72H47N7O/c1-47-40-70(73-45-60(47)49-41-71(77-62-31-12-6-25-54(62)55-26-7-13-32-63(55)77)74-72(42-49)78-64-33-14-8-27-56(64)57-28-9-15-34-65(57)78)79-66-35-16-10-29-58(66)59-39-38-52(44-69(59)79)80-51-23-19-22-50(43-51)75-46-76(68-37-18-17-36-67(68)75)61-30-11-5-24-53(61)48-20-3-2-4-21-48/h2-45H,1H3/i1D3,2D,3D,4D,20D,21D. The van der Waals surface area contributed by atoms with E-state index in [1.54, 1.807) is 24.4 Å². The van der Waals surface area contributed by atoms with Gasteiger partial charge in [-0.2, -0.15) is 0 Å². The van der Waals surface area contributed by atoms with E-state index in [1.807, 2.05) is 177 Å². The van der Waals surface area contributed by atoms with E-state index in [-0.39, 0.29) is 23.2 Å². The average Bonchev–Trinajstić information content (AvgIpc) is 1.62. The molecule has 6 aromatic heterocycles. The number of imidazole rings is 1. The Morgan fingerprint density at radius 3 is 1.57 bits per heavy atom. The predicted octanol–water partition coefficient (Wildman–Crippen LogP) is 17.2. The van der Waals surface area contributed by atoms with E-state index >= 15 is 0 Å². The first-order valence-electron chi connectivity index (χ1n) is 30.3. The second-order valence-corrected chi connectivity index (χ2v) is 19.8. The zero-order valence-electron chi connectivity index (χ0n) is 50.6. The second-order valence-electron chi connectivity index (χ2n) is 19.8. The van der Waals surface area contributed by atoms with Gasteiger partial charge in [-0.1, -0.05) is 170 Å². The summed E-state index contributed by atoms with van der Waals surface area (Å²) in [6.45, 7) is -2.59. The first kappa shape index (κ1) is 37.8. The number of rotatable bonds is 9. The van der Waals surface area contributed by atoms with Crippen molar-refractivity contribution in [2.45, 2.75) is 6.85 Å². The molecule has 8 nitrogen and oxygen atoms in total. The Kier molecular flexibility index (Phi) is 8.59. The molecule has 16 rings (SSSR count). The lowest BCUT2D eigenvalue weighted by atomic mass is 10.0. The van der Waals surface area contributed by atoms with E-state index in [1.165, 1.54) is 0 Å². The molecule has 0 unspecified atom stereocenters. The zero-order valence-corrected chi connectivity index (χ0v) is 42.6. The van der Waals surface area contributed by atoms with Gasteiger partial charge in [0.25, 0.3) is 6.33 Å². The Bertz CT molecular complexity index is 5320. The van der Waals surface area contributed by atoms with Crippen molar-refractivity contribution >= 4 is 76.5 Å². The number of fused-ring (bicyclic) bond motifs is 10. The largest absolute Gasteiger partial charge is 0.458 e. The van der Waals surface area contributed by atoms with Gasteiger partial charge in [-0.15, -0.1) is 0 Å². The molecule has 0 bridgehead atoms. The molecule has 6 heterocycles. The lowest BCUT2D eigenvalue weighted by molar-refractivity contribution is -0.571. The van der Waals surface area contributed by atoms with Gasteiger partial charge >= 0.3 is 0 Å². The van der Waals surface area contributed by atoms with Gasteiger partial charge in [-0.05, 0) is 114 Å². The van der Waals surface area contributed by atoms with Crippen LogP contribution in [0.1, 0.15) is 16.5 Å². The minimum absolute atomic E-state index is 0.0945. The monoisotopic (exact) mass is 1030 g/mol. The molecule has 8 heteroatoms. The third kappa shape index (κ3) is 7.20. The van der Waals surface area contributed by atoms with Crippen LogP contribution in [0.4, 0.5) is 0 Å². The maximum atomic E-state index is 9.25. The summed E-state index contributed by atoms with van der Waals surface area (Å²) in [6, 6.07) is 73.4. The fraction of sp³-hybridized carbons (Fsp3) is 0.0139. The molecule has 0 fully saturated rings. The van der Waals surface area contributed by atoms with Crippen LogP contribution in [0.2, 0.25) is 0 Å². The molecule has 0 saturated heterocycles. The van der Waals surface area contributed by atoms with Crippen LogP contribution in [0, 0.1) is 13.2 Å². The molecule has 0 amide bonds. The summed E-state index contributed by atoms with van der Waals surface area (Å²) in [4.78, 5) is 10.7. The Morgan fingerprint density at radius 1 is 0.438 bits per heavy atom. The molecule has 0 N–H and O–H groups in total. The van der Waals surface area contributed by atoms with E-state index in [0.717, 1.165) is 82.1 Å². The summed E-state index contributed by atoms with van der Waals surface area (Å²) in [5, 5.41) is 6.15. The number of hydrogen-bond donors (Lipinski definition) is 0. The topological polar surface area (TPSA) is 58.6 Å². The van der Waals surface area contributed by atoms with Crippen LogP contribution in [0.3, 0.4) is 0 Å². The Balaban J connectivity index is 0.818. The Morgan fingerprint density at radius 2 is 0.963 bits per heavy atom. The van der Waals surface area contributed by atoms with Gasteiger partial charge in [-0.25, -0.2) is 9.97 Å². The summed E-state index contributed by atoms with van der Waals surface area (Å²) in [6.07, 6.45) is 5.19. The normalized spacial score (nSPS) is 13.4. The molecule has 0 aliphatic carbocycles. The number of pyridine rings is 2. The number of aryl methyl sites for hydroxylation is 1. The predicted molar refractivity (Wildman–Crippen MR) is 324 cm³/mol. The van der Waals surface area contributed by atoms with Crippen molar-refractivity contribution < 1.29 is 20.3 Å². The van der Waals surface area contributed by atoms with Gasteiger partial charge < -0.3 is 4.74 Å². The number of ether oxygens (including phenoxy) is 1. The van der Waals surface area contributed by atoms with Crippen molar-refractivity contribution in [2.24, 2.45) is 0 Å². The summed E-state index contributed by atoms with van der Waals surface area (Å²) in [5.41, 5.74) is 10.1. The van der Waals surface area contributed by atoms with E-state index in [4.69, 9.17) is 21.6 Å². The van der Waals surface area contributed by atoms with E-state index in [0.29, 0.717) is 51.3 Å². The van der Waals surface area contributed by atoms with Gasteiger partial charge in [0.05, 0.1) is 62.4 Å². The summed E-state index contributed by atoms with van der Waals surface area (Å²) in [7, 11) is 0. The summed E-state index contributed by atoms with van der Waals surface area (Å²) >= 11 is 0. The Hall–Kier alpha value is -10.8. The Labute approximate surface area is 471 Å². The third-order valence-electron chi connectivity index (χ3n) is 15.3. The van der Waals surface area contributed by atoms with Gasteiger partial charge in [0, 0.05) is 54.3 Å². The first-order valence-corrected chi connectivity index (χ1v) is 26.3. The van der Waals surface area contributed by atoms with Gasteiger partial charge in [0.1, 0.15) is 29.0 Å². The van der Waals surface area contributed by atoms with E-state index < -0.39 is 25.0 Å². The van der Waals surface area contributed by atoms with Crippen LogP contribution in [0.5, 0.6) is 11.5 Å². The maximum absolute atomic E-state index is 9.25. The highest BCUT2D eigenvalue weighted by Gasteiger charge is 2.22. The van der Waals surface area contributed by atoms with Crippen LogP contribution in [0.15, 0.2) is 267 Å². The highest BCUT2D eigenvalue weighted by atomic mass is 16.5. The van der Waals surface area contributed by atoms with Crippen LogP contribution < -0.4 is 9.30 Å². The molecule has 0 spiro atoms. The lowest BCUT2D eigenvalue weighted by Crippen LogP contribution is -2.30. The van der Waals surface area contributed by atoms with Crippen LogP contribution in [-0.2, 0) is 0 Å². The molecule has 376 valence electrons. The smallest absolute Gasteiger partial charge is 0.269 e. The minimum Gasteiger partial charge on any atom is -0.458 e. The quantitative estimate of drug-likeness (QED) is 0.107. The molecule has 0 aliphatic heterocycles. The molecule has 0 radical (unpaired) electrons. The molecule has 10 aromatic carbocycles. The van der Waals surface area contributed by atoms with Gasteiger partial charge in [-0.3, -0.25) is 22.8 Å². The molecule has 80 heavy (non-hydrogen) atoms. The highest BCUT2D eigenvalue weighted by Crippen LogP contribution is 2.40. The average molecular weight is 1030 g/mol. The lowest BCUT2D eigenvalue weighted by Gasteiger charge is -2.16. The van der Waals surface area contributed by atoms with Crippen LogP contribution in [0.25, 0.3) is 128 Å². The number of aromatic nitrogens is 7. The van der Waals surface area contributed by atoms with Crippen molar-refractivity contribution in [3.05, 3.63) is 279 Å². The number of para-hydroxylation sites is 8. The van der Waals surface area contributed by atoms with Crippen LogP contribution >= 0.6 is 0 Å². The molecule has 0 aliphatic rings. The number of hydrogen-bond acceptors (Lipinski definition) is 3. The third-order valence-corrected chi connectivity index (χ3v) is 15.3. The summed E-state index contributed by atoms with van der Waals surface area (Å²) in [5.74, 6) is 2.70. The van der Waals surface area contributed by atoms with Crippen molar-refractivity contribution in [3.63, 3.8) is 0 Å². The van der Waals surface area contributed by atoms with Crippen LogP contribution in [-0.4, -0.2) is 28.2 Å². The van der Waals surface area contributed by atoms with E-state index in [2.05, 4.69) is 64.0 Å². The molecule has 0 atom stereocenters.